The summed E-state index contributed by atoms with van der Waals surface area (Å²) >= 11 is 0. The number of imide groups is 2. The number of benzene rings is 13. The minimum atomic E-state index is -1.19. The van der Waals surface area contributed by atoms with E-state index in [4.69, 9.17) is 12.8 Å². The molecule has 7 nitrogen and oxygen atoms in total. The van der Waals surface area contributed by atoms with E-state index in [1.165, 1.54) is 9.80 Å². The maximum absolute atomic E-state index is 15.4. The minimum absolute atomic E-state index is 0.383. The zero-order valence-corrected chi connectivity index (χ0v) is 57.6. The number of rotatable bonds is 7. The molecule has 1 atom stereocenters. The van der Waals surface area contributed by atoms with Crippen LogP contribution in [0.15, 0.2) is 237 Å². The number of anilines is 2. The largest absolute Gasteiger partial charge is 0.268 e. The number of pyridine rings is 1. The van der Waals surface area contributed by atoms with Crippen LogP contribution in [-0.2, 0) is 10.8 Å². The molecule has 0 saturated heterocycles. The molecule has 0 N–H and O–H groups in total. The van der Waals surface area contributed by atoms with E-state index in [-0.39, 0.29) is 11.8 Å². The fourth-order valence-corrected chi connectivity index (χ4v) is 17.2. The van der Waals surface area contributed by atoms with Crippen molar-refractivity contribution in [1.29, 1.82) is 0 Å². The second kappa shape index (κ2) is 24.4. The Morgan fingerprint density at radius 2 is 0.736 bits per heavy atom. The normalized spacial score (nSPS) is 14.3. The monoisotopic (exact) mass is 1350 g/mol. The molecule has 7 heteroatoms. The molecule has 0 radical (unpaired) electrons. The van der Waals surface area contributed by atoms with Crippen molar-refractivity contribution < 1.29 is 19.2 Å². The molecule has 4 amide bonds. The lowest BCUT2D eigenvalue weighted by molar-refractivity contribution is 0.0877. The van der Waals surface area contributed by atoms with Gasteiger partial charge in [0.05, 0.1) is 22.5 Å². The molecule has 4 aliphatic rings. The molecule has 14 aromatic rings. The summed E-state index contributed by atoms with van der Waals surface area (Å²) in [5, 5.41) is 6.02. The number of fused-ring (bicyclic) bond motifs is 8. The van der Waals surface area contributed by atoms with E-state index >= 15 is 9.59 Å². The van der Waals surface area contributed by atoms with Gasteiger partial charge in [0, 0.05) is 44.8 Å². The van der Waals surface area contributed by atoms with Crippen LogP contribution in [-0.4, -0.2) is 28.6 Å². The van der Waals surface area contributed by atoms with Crippen LogP contribution < -0.4 is 9.80 Å². The average molecular weight is 1350 g/mol. The first-order valence-electron chi connectivity index (χ1n) is 34.6. The highest BCUT2D eigenvalue weighted by Gasteiger charge is 2.50. The number of hydrogen-bond donors (Lipinski definition) is 0. The molecule has 488 valence electrons. The highest BCUT2D eigenvalue weighted by atomic mass is 16.2. The van der Waals surface area contributed by atoms with Crippen molar-refractivity contribution in [1.82, 2.24) is 4.98 Å². The first-order valence-corrected chi connectivity index (χ1v) is 34.6. The zero-order chi connectivity index (χ0) is 72.3. The molecule has 2 aliphatic carbocycles. The van der Waals surface area contributed by atoms with E-state index in [1.54, 1.807) is 0 Å². The molecule has 1 aromatic heterocycles. The number of carbonyl (C=O) groups excluding carboxylic acids is 4. The Kier molecular flexibility index (Phi) is 14.6. The molecule has 106 heavy (non-hydrogen) atoms. The van der Waals surface area contributed by atoms with Gasteiger partial charge in [-0.2, -0.15) is 0 Å². The molecule has 1 unspecified atom stereocenters. The van der Waals surface area contributed by atoms with Gasteiger partial charge in [0.1, 0.15) is 5.41 Å². The Morgan fingerprint density at radius 3 is 1.25 bits per heavy atom. The maximum atomic E-state index is 15.4. The van der Waals surface area contributed by atoms with Gasteiger partial charge in [-0.15, -0.1) is 12.8 Å². The lowest BCUT2D eigenvalue weighted by Gasteiger charge is -2.34. The lowest BCUT2D eigenvalue weighted by Crippen LogP contribution is -2.41. The van der Waals surface area contributed by atoms with E-state index < -0.39 is 22.6 Å². The van der Waals surface area contributed by atoms with Crippen LogP contribution in [0.1, 0.15) is 97.1 Å². The van der Waals surface area contributed by atoms with Crippen molar-refractivity contribution in [2.24, 2.45) is 0 Å². The van der Waals surface area contributed by atoms with Gasteiger partial charge in [-0.3, -0.25) is 24.2 Å². The van der Waals surface area contributed by atoms with E-state index in [0.717, 1.165) is 144 Å². The summed E-state index contributed by atoms with van der Waals surface area (Å²) in [5.41, 5.74) is 19.7. The summed E-state index contributed by atoms with van der Waals surface area (Å²) in [5.74, 6) is 38.0. The maximum Gasteiger partial charge on any atom is 0.266 e. The summed E-state index contributed by atoms with van der Waals surface area (Å²) in [7, 11) is 0. The van der Waals surface area contributed by atoms with Crippen molar-refractivity contribution in [2.45, 2.75) is 38.5 Å². The van der Waals surface area contributed by atoms with E-state index in [0.29, 0.717) is 44.4 Å². The second-order valence-corrected chi connectivity index (χ2v) is 27.0. The van der Waals surface area contributed by atoms with Gasteiger partial charge in [0.15, 0.2) is 0 Å². The molecule has 13 aromatic carbocycles. The Morgan fingerprint density at radius 1 is 0.311 bits per heavy atom. The Hall–Kier alpha value is -14.9. The molecule has 0 fully saturated rings. The SMILES string of the molecule is C#CC#CC#CC#CC1(C#CC#CC#CC#C)c2ccccc2-c2cc3c(cc21)-c1ccccc1C3(c1ccc(-c2cccc(-c3ccccn3)c2)cc1)c1ccc(-c2cc(C)c(N3C(=O)c4ccc5c6ccc7c8c(ccc(c9ccc(c4c59)C3=O)c86)C(=O)N(c3c(C)cccc3C)C7=O)c(C)c2)cc1. The van der Waals surface area contributed by atoms with Crippen molar-refractivity contribution in [3.63, 3.8) is 0 Å². The van der Waals surface area contributed by atoms with Crippen LogP contribution >= 0.6 is 0 Å². The topological polar surface area (TPSA) is 87.7 Å². The summed E-state index contributed by atoms with van der Waals surface area (Å²) < 4.78 is 0. The third-order valence-electron chi connectivity index (χ3n) is 21.5. The average Bonchev–Trinajstić information content (AvgIpc) is 1.40. The summed E-state index contributed by atoms with van der Waals surface area (Å²) in [6.07, 6.45) is 12.7. The van der Waals surface area contributed by atoms with Crippen LogP contribution in [0.4, 0.5) is 11.4 Å². The van der Waals surface area contributed by atoms with Crippen molar-refractivity contribution in [3.8, 4) is 151 Å². The van der Waals surface area contributed by atoms with Gasteiger partial charge in [0.2, 0.25) is 0 Å². The smallest absolute Gasteiger partial charge is 0.266 e. The third kappa shape index (κ3) is 9.26. The van der Waals surface area contributed by atoms with Gasteiger partial charge in [0.25, 0.3) is 23.6 Å². The first-order chi connectivity index (χ1) is 51.8. The number of terminal acetylenes is 2. The number of nitrogens with zero attached hydrogens (tertiary/aromatic N) is 3. The Bertz CT molecular complexity index is 6670. The predicted octanol–water partition coefficient (Wildman–Crippen LogP) is 18.9. The van der Waals surface area contributed by atoms with Crippen LogP contribution in [0.2, 0.25) is 0 Å². The Balaban J connectivity index is 0.746. The van der Waals surface area contributed by atoms with Gasteiger partial charge < -0.3 is 0 Å². The van der Waals surface area contributed by atoms with Crippen LogP contribution in [0.3, 0.4) is 0 Å². The number of aryl methyl sites for hydroxylation is 4. The molecule has 3 heterocycles. The summed E-state index contributed by atoms with van der Waals surface area (Å²) in [6.45, 7) is 7.72. The molecule has 18 rings (SSSR count). The standard InChI is InChI=1S/C99H53N3O4/c1-7-9-11-13-15-22-52-98(53-23-16-14-12-10-8-2)83-33-19-17-31-71(83)81-59-86-82(58-85(81)98)72-32-18-20-34-84(72)99(86,69-40-36-64(37-41-69)66-29-26-30-67(57-66)87-35-21-24-54-100-87)70-42-38-65(39-43-70)68-55-62(5)93(63(6)56-68)102-96(105)79-50-46-75-73-44-48-77-90-78(95(104)101(94(77)103)92-60(3)27-25-28-61(92)4)49-45-74(88(73)90)76-47-51-80(97(102)106)91(79)89(75)76/h1-2,17-21,24-51,54-59H,3-6H3. The van der Waals surface area contributed by atoms with Crippen LogP contribution in [0.5, 0.6) is 0 Å². The quantitative estimate of drug-likeness (QED) is 0.0687. The fraction of sp³-hybridized carbons (Fsp3) is 0.0606. The van der Waals surface area contributed by atoms with Gasteiger partial charge in [-0.05, 0) is 298 Å². The van der Waals surface area contributed by atoms with E-state index in [1.807, 2.05) is 131 Å². The van der Waals surface area contributed by atoms with Crippen molar-refractivity contribution in [2.75, 3.05) is 9.80 Å². The number of hydrogen-bond acceptors (Lipinski definition) is 5. The molecule has 0 bridgehead atoms. The molecule has 2 aliphatic heterocycles. The van der Waals surface area contributed by atoms with Crippen LogP contribution in [0.25, 0.3) is 98.9 Å². The molecule has 0 spiro atoms. The number of aromatic nitrogens is 1. The zero-order valence-electron chi connectivity index (χ0n) is 57.6. The molecule has 0 saturated carbocycles. The van der Waals surface area contributed by atoms with E-state index in [2.05, 4.69) is 221 Å². The molecular weight excluding hydrogens is 1300 g/mol. The van der Waals surface area contributed by atoms with Crippen LogP contribution in [0, 0.1) is 123 Å². The fourth-order valence-electron chi connectivity index (χ4n) is 17.2. The van der Waals surface area contributed by atoms with Gasteiger partial charge in [-0.25, -0.2) is 9.80 Å². The third-order valence-corrected chi connectivity index (χ3v) is 21.5. The minimum Gasteiger partial charge on any atom is -0.268 e. The number of amides is 4. The predicted molar refractivity (Wildman–Crippen MR) is 424 cm³/mol. The van der Waals surface area contributed by atoms with Crippen molar-refractivity contribution >= 4 is 78.1 Å². The highest BCUT2D eigenvalue weighted by molar-refractivity contribution is 6.45. The summed E-state index contributed by atoms with van der Waals surface area (Å²) in [4.78, 5) is 67.3. The second-order valence-electron chi connectivity index (χ2n) is 27.0. The first kappa shape index (κ1) is 63.3. The van der Waals surface area contributed by atoms with Gasteiger partial charge >= 0.3 is 0 Å². The molecular formula is C99H53N3O4. The summed E-state index contributed by atoms with van der Waals surface area (Å²) in [6, 6.07) is 78.4. The lowest BCUT2D eigenvalue weighted by atomic mass is 9.67. The van der Waals surface area contributed by atoms with Gasteiger partial charge in [-0.1, -0.05) is 176 Å². The van der Waals surface area contributed by atoms with E-state index in [9.17, 15) is 9.59 Å². The number of para-hydroxylation sites is 1. The Labute approximate surface area is 612 Å². The highest BCUT2D eigenvalue weighted by Crippen LogP contribution is 2.61. The van der Waals surface area contributed by atoms with Crippen molar-refractivity contribution in [3.05, 3.63) is 315 Å². The number of carbonyl (C=O) groups is 4.